The quantitative estimate of drug-likeness (QED) is 0.0241. The van der Waals surface area contributed by atoms with Crippen molar-refractivity contribution in [2.24, 2.45) is 0 Å². The molecule has 5 rings (SSSR count). The van der Waals surface area contributed by atoms with E-state index in [9.17, 15) is 56.0 Å². The Morgan fingerprint density at radius 2 is 1.09 bits per heavy atom. The lowest BCUT2D eigenvalue weighted by atomic mass is 9.91. The number of nitriles is 2. The van der Waals surface area contributed by atoms with Gasteiger partial charge in [-0.3, -0.25) is 9.80 Å². The predicted molar refractivity (Wildman–Crippen MR) is 271 cm³/mol. The maximum Gasteiger partial charge on any atom is 0.416 e. The number of hydrogen-bond acceptors (Lipinski definition) is 8. The zero-order valence-electron chi connectivity index (χ0n) is 42.6. The second-order valence-electron chi connectivity index (χ2n) is 18.0. The lowest BCUT2D eigenvalue weighted by Gasteiger charge is -2.43. The summed E-state index contributed by atoms with van der Waals surface area (Å²) in [6, 6.07) is 15.8. The molecule has 0 aromatic heterocycles. The first-order valence-corrected chi connectivity index (χ1v) is 24.8. The monoisotopic (exact) mass is 1040 g/mol. The average molecular weight is 1040 g/mol. The van der Waals surface area contributed by atoms with E-state index in [2.05, 4.69) is 12.0 Å². The molecule has 0 radical (unpaired) electrons. The second kappa shape index (κ2) is 26.4. The van der Waals surface area contributed by atoms with Gasteiger partial charge < -0.3 is 19.3 Å². The fourth-order valence-electron chi connectivity index (χ4n) is 9.31. The number of hydrogen-bond donors (Lipinski definition) is 0. The molecular weight excluding hydrogens is 979 g/mol. The highest BCUT2D eigenvalue weighted by molar-refractivity contribution is 6.04. The number of esters is 2. The largest absolute Gasteiger partial charge is 0.463 e. The van der Waals surface area contributed by atoms with Gasteiger partial charge in [0.1, 0.15) is 11.6 Å². The first-order chi connectivity index (χ1) is 35.7. The van der Waals surface area contributed by atoms with Crippen LogP contribution in [0.5, 0.6) is 0 Å². The van der Waals surface area contributed by atoms with Gasteiger partial charge in [0.25, 0.3) is 0 Å². The summed E-state index contributed by atoms with van der Waals surface area (Å²) < 4.78 is 94.1. The lowest BCUT2D eigenvalue weighted by Crippen LogP contribution is -2.55. The van der Waals surface area contributed by atoms with Crippen LogP contribution in [0.1, 0.15) is 127 Å². The highest BCUT2D eigenvalue weighted by Gasteiger charge is 2.45. The Bertz CT molecular complexity index is 2810. The number of halogens is 6. The molecule has 3 aromatic carbocycles. The van der Waals surface area contributed by atoms with Crippen LogP contribution in [0.4, 0.5) is 47.3 Å². The van der Waals surface area contributed by atoms with Crippen molar-refractivity contribution < 1.29 is 55.0 Å². The Labute approximate surface area is 434 Å². The maximum atomic E-state index is 14.5. The van der Waals surface area contributed by atoms with Gasteiger partial charge in [-0.05, 0) is 113 Å². The number of carbonyl (C=O) groups is 4. The molecule has 18 heteroatoms. The van der Waals surface area contributed by atoms with Crippen molar-refractivity contribution in [1.29, 1.82) is 10.5 Å². The Morgan fingerprint density at radius 1 is 0.653 bits per heavy atom. The number of benzene rings is 3. The molecule has 2 aliphatic heterocycles. The molecule has 2 unspecified atom stereocenters. The van der Waals surface area contributed by atoms with Crippen LogP contribution < -0.4 is 9.80 Å². The van der Waals surface area contributed by atoms with E-state index in [1.807, 2.05) is 6.07 Å². The van der Waals surface area contributed by atoms with Crippen molar-refractivity contribution in [1.82, 2.24) is 9.80 Å². The van der Waals surface area contributed by atoms with Crippen molar-refractivity contribution in [2.75, 3.05) is 36.1 Å². The van der Waals surface area contributed by atoms with Gasteiger partial charge in [-0.15, -0.1) is 6.42 Å². The zero-order chi connectivity index (χ0) is 55.0. The number of terminal acetylenes is 1. The third kappa shape index (κ3) is 14.3. The van der Waals surface area contributed by atoms with Crippen LogP contribution in [-0.2, 0) is 31.4 Å². The van der Waals surface area contributed by atoms with Crippen LogP contribution in [0.2, 0.25) is 0 Å². The van der Waals surface area contributed by atoms with Gasteiger partial charge in [0.05, 0.1) is 70.6 Å². The van der Waals surface area contributed by atoms with E-state index in [1.165, 1.54) is 60.1 Å². The molecule has 0 saturated heterocycles. The number of alkyl halides is 6. The molecule has 0 N–H and O–H groups in total. The normalized spacial score (nSPS) is 16.7. The molecule has 0 fully saturated rings. The number of nitrogens with zero attached hydrogens (tertiary/aromatic N) is 6. The molecule has 2 aliphatic rings. The Hall–Kier alpha value is -7.78. The Kier molecular flexibility index (Phi) is 20.5. The highest BCUT2D eigenvalue weighted by Crippen LogP contribution is 2.42. The van der Waals surface area contributed by atoms with Crippen molar-refractivity contribution in [3.8, 4) is 24.5 Å². The van der Waals surface area contributed by atoms with Crippen molar-refractivity contribution in [2.45, 2.75) is 123 Å². The average Bonchev–Trinajstić information content (AvgIpc) is 3.37. The first kappa shape index (κ1) is 58.1. The summed E-state index contributed by atoms with van der Waals surface area (Å²) in [6.07, 6.45) is 6.46. The van der Waals surface area contributed by atoms with E-state index in [0.29, 0.717) is 42.4 Å². The van der Waals surface area contributed by atoms with Crippen molar-refractivity contribution in [3.05, 3.63) is 141 Å². The van der Waals surface area contributed by atoms with Crippen LogP contribution in [0.3, 0.4) is 0 Å². The molecule has 3 aromatic rings. The molecule has 0 saturated carbocycles. The summed E-state index contributed by atoms with van der Waals surface area (Å²) in [5, 5.41) is 18.9. The Morgan fingerprint density at radius 3 is 1.53 bits per heavy atom. The molecule has 4 amide bonds. The number of amides is 4. The smallest absolute Gasteiger partial charge is 0.416 e. The topological polar surface area (TPSA) is 147 Å². The first-order valence-electron chi connectivity index (χ1n) is 24.8. The van der Waals surface area contributed by atoms with E-state index in [0.717, 1.165) is 72.6 Å². The fourth-order valence-corrected chi connectivity index (χ4v) is 9.31. The van der Waals surface area contributed by atoms with Crippen LogP contribution >= 0.6 is 0 Å². The number of ether oxygens (including phenoxy) is 2. The summed E-state index contributed by atoms with van der Waals surface area (Å²) in [7, 11) is 0. The van der Waals surface area contributed by atoms with E-state index < -0.39 is 59.6 Å². The number of rotatable bonds is 22. The number of unbranched alkanes of at least 4 members (excludes halogenated alkanes) is 9. The van der Waals surface area contributed by atoms with Crippen LogP contribution in [0.15, 0.2) is 119 Å². The summed E-state index contributed by atoms with van der Waals surface area (Å²) in [5.74, 6) is 0.780. The molecule has 396 valence electrons. The minimum atomic E-state index is -4.70. The van der Waals surface area contributed by atoms with Gasteiger partial charge in [0.15, 0.2) is 0 Å². The standard InChI is InChI=1S/C57H60F6N6O6/c1-7-41(36-64)27-26-38(4)50-48(52(70)74-8-2)39(5)68(46-24-20-22-44(34-46)56(58,59)60)54(72)66(50)32-18-16-14-12-10-11-13-15-17-19-33-67-51(43-30-28-42(37-65)29-31-43)49(53(71)75-9-3)40(6)69(55(67)73)47-25-21-23-45(35-47)57(61,62)63/h1,20-31,34-35,50-51H,8-19,32-33H2,2-6H3/b38-26+,41-27+. The molecule has 12 nitrogen and oxygen atoms in total. The van der Waals surface area contributed by atoms with Crippen LogP contribution in [0.25, 0.3) is 0 Å². The molecular formula is C57H60F6N6O6. The number of urea groups is 2. The van der Waals surface area contributed by atoms with Crippen molar-refractivity contribution >= 4 is 35.4 Å². The van der Waals surface area contributed by atoms with Gasteiger partial charge in [-0.2, -0.15) is 36.9 Å². The fraction of sp³-hybridized carbons (Fsp3) is 0.404. The van der Waals surface area contributed by atoms with Crippen LogP contribution in [-0.4, -0.2) is 66.1 Å². The second-order valence-corrected chi connectivity index (χ2v) is 18.0. The summed E-state index contributed by atoms with van der Waals surface area (Å²) in [5.41, 5.74) is -0.377. The van der Waals surface area contributed by atoms with Gasteiger partial charge in [0, 0.05) is 24.5 Å². The SMILES string of the molecule is C#C/C(C#N)=C\C=C(/C)C1C(C(=O)OCC)=C(C)N(c2cccc(C(F)(F)F)c2)C(=O)N1CCCCCCCCCCCCN1C(=O)N(c2cccc(C(F)(F)F)c2)C(C)=C(C(=O)OCC)C1c1ccc(C#N)cc1. The number of allylic oxidation sites excluding steroid dienone is 5. The number of anilines is 2. The third-order valence-electron chi connectivity index (χ3n) is 13.0. The third-order valence-corrected chi connectivity index (χ3v) is 13.0. The summed E-state index contributed by atoms with van der Waals surface area (Å²) >= 11 is 0. The zero-order valence-corrected chi connectivity index (χ0v) is 42.6. The van der Waals surface area contributed by atoms with Gasteiger partial charge >= 0.3 is 36.4 Å². The van der Waals surface area contributed by atoms with Gasteiger partial charge in [-0.1, -0.05) is 87.6 Å². The molecule has 75 heavy (non-hydrogen) atoms. The van der Waals surface area contributed by atoms with Gasteiger partial charge in [0.2, 0.25) is 0 Å². The molecule has 2 heterocycles. The molecule has 0 aliphatic carbocycles. The Balaban J connectivity index is 1.24. The van der Waals surface area contributed by atoms with E-state index in [-0.39, 0.29) is 65.8 Å². The minimum absolute atomic E-state index is 0.000385. The van der Waals surface area contributed by atoms with E-state index in [4.69, 9.17) is 15.9 Å². The van der Waals surface area contributed by atoms with Crippen LogP contribution in [0, 0.1) is 35.0 Å². The molecule has 2 atom stereocenters. The summed E-state index contributed by atoms with van der Waals surface area (Å²) in [6.45, 7) is 8.16. The maximum absolute atomic E-state index is 14.5. The van der Waals surface area contributed by atoms with E-state index >= 15 is 0 Å². The van der Waals surface area contributed by atoms with Crippen molar-refractivity contribution in [3.63, 3.8) is 0 Å². The summed E-state index contributed by atoms with van der Waals surface area (Å²) in [4.78, 5) is 61.5. The highest BCUT2D eigenvalue weighted by atomic mass is 19.4. The van der Waals surface area contributed by atoms with Gasteiger partial charge in [-0.25, -0.2) is 19.2 Å². The number of carbonyl (C=O) groups excluding carboxylic acids is 4. The van der Waals surface area contributed by atoms with E-state index in [1.54, 1.807) is 45.0 Å². The minimum Gasteiger partial charge on any atom is -0.463 e. The molecule has 0 spiro atoms. The lowest BCUT2D eigenvalue weighted by molar-refractivity contribution is -0.140. The molecule has 0 bridgehead atoms. The predicted octanol–water partition coefficient (Wildman–Crippen LogP) is 13.5.